The predicted molar refractivity (Wildman–Crippen MR) is 69.4 cm³/mol. The summed E-state index contributed by atoms with van der Waals surface area (Å²) in [5.74, 6) is -1.96. The monoisotopic (exact) mass is 268 g/mol. The maximum Gasteiger partial charge on any atom is 0.190 e. The molecule has 0 atom stereocenters. The summed E-state index contributed by atoms with van der Waals surface area (Å²) in [6.07, 6.45) is 5.64. The summed E-state index contributed by atoms with van der Waals surface area (Å²) in [5.41, 5.74) is 5.23. The minimum absolute atomic E-state index is 0.0278. The lowest BCUT2D eigenvalue weighted by Crippen LogP contribution is -2.17. The van der Waals surface area contributed by atoms with Gasteiger partial charge >= 0.3 is 0 Å². The van der Waals surface area contributed by atoms with Gasteiger partial charge in [0.1, 0.15) is 5.84 Å². The van der Waals surface area contributed by atoms with Crippen molar-refractivity contribution >= 4 is 5.84 Å². The number of nitrogen functional groups attached to an aromatic ring is 1. The highest BCUT2D eigenvalue weighted by Crippen LogP contribution is 2.27. The Balaban J connectivity index is 2.05. The van der Waals surface area contributed by atoms with Crippen molar-refractivity contribution in [3.05, 3.63) is 29.3 Å². The Kier molecular flexibility index (Phi) is 4.35. The van der Waals surface area contributed by atoms with E-state index in [9.17, 15) is 8.78 Å². The first kappa shape index (κ1) is 13.8. The first-order chi connectivity index (χ1) is 9.08. The van der Waals surface area contributed by atoms with E-state index in [1.165, 1.54) is 6.42 Å². The first-order valence-electron chi connectivity index (χ1n) is 6.54. The van der Waals surface area contributed by atoms with Crippen LogP contribution in [0.25, 0.3) is 0 Å². The van der Waals surface area contributed by atoms with Gasteiger partial charge in [-0.25, -0.2) is 8.78 Å². The van der Waals surface area contributed by atoms with Gasteiger partial charge in [0.15, 0.2) is 17.4 Å². The van der Waals surface area contributed by atoms with Gasteiger partial charge in [-0.1, -0.05) is 19.3 Å². The number of benzene rings is 1. The molecule has 1 aliphatic rings. The maximum absolute atomic E-state index is 13.7. The normalized spacial score (nSPS) is 16.3. The van der Waals surface area contributed by atoms with E-state index in [1.54, 1.807) is 0 Å². The molecule has 1 aliphatic carbocycles. The number of rotatable bonds is 4. The Labute approximate surface area is 111 Å². The quantitative estimate of drug-likeness (QED) is 0.650. The van der Waals surface area contributed by atoms with Gasteiger partial charge in [-0.3, -0.25) is 5.41 Å². The third-order valence-corrected chi connectivity index (χ3v) is 3.50. The van der Waals surface area contributed by atoms with Gasteiger partial charge in [0.05, 0.1) is 6.61 Å². The highest BCUT2D eigenvalue weighted by Gasteiger charge is 2.18. The molecule has 0 aliphatic heterocycles. The number of amidine groups is 1. The zero-order valence-corrected chi connectivity index (χ0v) is 10.7. The van der Waals surface area contributed by atoms with Crippen LogP contribution in [0.15, 0.2) is 12.1 Å². The molecule has 3 nitrogen and oxygen atoms in total. The summed E-state index contributed by atoms with van der Waals surface area (Å²) in [6.45, 7) is 0.341. The van der Waals surface area contributed by atoms with Crippen molar-refractivity contribution in [2.45, 2.75) is 32.1 Å². The number of hydrogen-bond donors (Lipinski definition) is 2. The van der Waals surface area contributed by atoms with E-state index in [4.69, 9.17) is 15.9 Å². The first-order valence-corrected chi connectivity index (χ1v) is 6.54. The van der Waals surface area contributed by atoms with E-state index in [2.05, 4.69) is 0 Å². The van der Waals surface area contributed by atoms with Crippen LogP contribution in [0.3, 0.4) is 0 Å². The van der Waals surface area contributed by atoms with E-state index in [0.717, 1.165) is 37.8 Å². The lowest BCUT2D eigenvalue weighted by atomic mass is 9.90. The second-order valence-corrected chi connectivity index (χ2v) is 5.00. The van der Waals surface area contributed by atoms with E-state index >= 15 is 0 Å². The van der Waals surface area contributed by atoms with E-state index in [1.807, 2.05) is 0 Å². The lowest BCUT2D eigenvalue weighted by molar-refractivity contribution is 0.195. The minimum Gasteiger partial charge on any atom is -0.487 e. The lowest BCUT2D eigenvalue weighted by Gasteiger charge is -2.22. The van der Waals surface area contributed by atoms with Crippen molar-refractivity contribution in [1.29, 1.82) is 5.41 Å². The Morgan fingerprint density at radius 2 is 1.79 bits per heavy atom. The van der Waals surface area contributed by atoms with Gasteiger partial charge in [-0.05, 0) is 30.9 Å². The summed E-state index contributed by atoms with van der Waals surface area (Å²) >= 11 is 0. The van der Waals surface area contributed by atoms with Crippen molar-refractivity contribution in [3.8, 4) is 5.75 Å². The zero-order valence-electron chi connectivity index (χ0n) is 10.7. The fourth-order valence-electron chi connectivity index (χ4n) is 2.41. The summed E-state index contributed by atoms with van der Waals surface area (Å²) in [6, 6.07) is 2.06. The van der Waals surface area contributed by atoms with Gasteiger partial charge in [0.25, 0.3) is 0 Å². The molecule has 104 valence electrons. The molecule has 0 bridgehead atoms. The Morgan fingerprint density at radius 3 is 2.32 bits per heavy atom. The smallest absolute Gasteiger partial charge is 0.190 e. The Bertz CT molecular complexity index is 448. The van der Waals surface area contributed by atoms with E-state index in [0.29, 0.717) is 12.5 Å². The van der Waals surface area contributed by atoms with Crippen LogP contribution >= 0.6 is 0 Å². The molecule has 1 aromatic rings. The van der Waals surface area contributed by atoms with Gasteiger partial charge in [-0.2, -0.15) is 0 Å². The van der Waals surface area contributed by atoms with Crippen molar-refractivity contribution in [3.63, 3.8) is 0 Å². The van der Waals surface area contributed by atoms with E-state index in [-0.39, 0.29) is 17.1 Å². The topological polar surface area (TPSA) is 59.1 Å². The summed E-state index contributed by atoms with van der Waals surface area (Å²) < 4.78 is 32.7. The fraction of sp³-hybridized carbons (Fsp3) is 0.500. The van der Waals surface area contributed by atoms with Crippen LogP contribution in [-0.2, 0) is 0 Å². The zero-order chi connectivity index (χ0) is 13.8. The van der Waals surface area contributed by atoms with Crippen molar-refractivity contribution in [1.82, 2.24) is 0 Å². The maximum atomic E-state index is 13.7. The summed E-state index contributed by atoms with van der Waals surface area (Å²) in [7, 11) is 0. The highest BCUT2D eigenvalue weighted by atomic mass is 19.1. The third-order valence-electron chi connectivity index (χ3n) is 3.50. The molecule has 2 rings (SSSR count). The van der Waals surface area contributed by atoms with Crippen LogP contribution < -0.4 is 10.5 Å². The average molecular weight is 268 g/mol. The van der Waals surface area contributed by atoms with Gasteiger partial charge < -0.3 is 10.5 Å². The predicted octanol–water partition coefficient (Wildman–Crippen LogP) is 3.21. The molecule has 0 amide bonds. The van der Waals surface area contributed by atoms with Crippen molar-refractivity contribution < 1.29 is 13.5 Å². The minimum atomic E-state index is -0.805. The van der Waals surface area contributed by atoms with Gasteiger partial charge in [0, 0.05) is 5.56 Å². The number of ether oxygens (including phenoxy) is 1. The largest absolute Gasteiger partial charge is 0.487 e. The molecule has 0 heterocycles. The van der Waals surface area contributed by atoms with Crippen LogP contribution in [0, 0.1) is 23.0 Å². The van der Waals surface area contributed by atoms with Crippen LogP contribution in [-0.4, -0.2) is 12.4 Å². The molecule has 3 N–H and O–H groups in total. The van der Waals surface area contributed by atoms with Crippen LogP contribution in [0.5, 0.6) is 5.75 Å². The third kappa shape index (κ3) is 3.43. The highest BCUT2D eigenvalue weighted by molar-refractivity contribution is 5.95. The Hall–Kier alpha value is -1.65. The van der Waals surface area contributed by atoms with Gasteiger partial charge in [0.2, 0.25) is 0 Å². The molecule has 19 heavy (non-hydrogen) atoms. The van der Waals surface area contributed by atoms with Crippen LogP contribution in [0.2, 0.25) is 0 Å². The molecule has 0 radical (unpaired) electrons. The van der Waals surface area contributed by atoms with Crippen molar-refractivity contribution in [2.75, 3.05) is 6.61 Å². The number of nitrogens with two attached hydrogens (primary N) is 1. The average Bonchev–Trinajstić information content (AvgIpc) is 2.38. The molecule has 0 spiro atoms. The SMILES string of the molecule is N=C(N)c1cc(F)c(OCC2CCCCC2)c(F)c1. The Morgan fingerprint density at radius 1 is 1.21 bits per heavy atom. The summed E-state index contributed by atoms with van der Waals surface area (Å²) in [4.78, 5) is 0. The number of nitrogens with one attached hydrogen (secondary N) is 1. The molecular formula is C14H18F2N2O. The van der Waals surface area contributed by atoms with Crippen molar-refractivity contribution in [2.24, 2.45) is 11.7 Å². The number of halogens is 2. The fourth-order valence-corrected chi connectivity index (χ4v) is 2.41. The second kappa shape index (κ2) is 5.99. The van der Waals surface area contributed by atoms with E-state index < -0.39 is 11.6 Å². The standard InChI is InChI=1S/C14H18F2N2O/c15-11-6-10(14(17)18)7-12(16)13(11)19-8-9-4-2-1-3-5-9/h6-7,9H,1-5,8H2,(H3,17,18). The molecule has 1 saturated carbocycles. The molecule has 0 unspecified atom stereocenters. The molecule has 1 aromatic carbocycles. The van der Waals surface area contributed by atoms with Gasteiger partial charge in [-0.15, -0.1) is 0 Å². The molecule has 1 fully saturated rings. The number of hydrogen-bond acceptors (Lipinski definition) is 2. The second-order valence-electron chi connectivity index (χ2n) is 5.00. The van der Waals surface area contributed by atoms with Crippen LogP contribution in [0.4, 0.5) is 8.78 Å². The molecular weight excluding hydrogens is 250 g/mol. The molecule has 0 saturated heterocycles. The molecule has 5 heteroatoms. The summed E-state index contributed by atoms with van der Waals surface area (Å²) in [5, 5.41) is 7.17. The van der Waals surface area contributed by atoms with Crippen LogP contribution in [0.1, 0.15) is 37.7 Å². The molecule has 0 aromatic heterocycles.